The maximum atomic E-state index is 5.15. The Morgan fingerprint density at radius 3 is 2.76 bits per heavy atom. The molecule has 2 aromatic rings. The summed E-state index contributed by atoms with van der Waals surface area (Å²) in [7, 11) is 3.44. The molecule has 0 saturated heterocycles. The molecular formula is C12H14N4O. The van der Waals surface area contributed by atoms with E-state index in [1.165, 1.54) is 0 Å². The molecule has 1 aromatic carbocycles. The highest BCUT2D eigenvalue weighted by Crippen LogP contribution is 2.20. The van der Waals surface area contributed by atoms with Crippen LogP contribution in [0.4, 0.5) is 17.3 Å². The van der Waals surface area contributed by atoms with E-state index in [1.807, 2.05) is 24.3 Å². The van der Waals surface area contributed by atoms with Gasteiger partial charge in [-0.2, -0.15) is 0 Å². The standard InChI is InChI=1S/C12H14N4O/c1-13-11-7-14-8-12(16-11)15-9-4-3-5-10(6-9)17-2/h3-8H,1-2H3,(H2,13,15,16). The highest BCUT2D eigenvalue weighted by Gasteiger charge is 1.99. The van der Waals surface area contributed by atoms with Crippen LogP contribution in [0.2, 0.25) is 0 Å². The molecule has 0 spiro atoms. The minimum atomic E-state index is 0.685. The molecule has 0 saturated carbocycles. The van der Waals surface area contributed by atoms with E-state index in [9.17, 15) is 0 Å². The predicted octanol–water partition coefficient (Wildman–Crippen LogP) is 2.27. The normalized spacial score (nSPS) is 9.76. The van der Waals surface area contributed by atoms with Crippen LogP contribution < -0.4 is 15.4 Å². The Bertz CT molecular complexity index is 456. The van der Waals surface area contributed by atoms with Crippen LogP contribution in [0.25, 0.3) is 0 Å². The summed E-state index contributed by atoms with van der Waals surface area (Å²) < 4.78 is 5.15. The molecule has 17 heavy (non-hydrogen) atoms. The molecule has 1 aromatic heterocycles. The van der Waals surface area contributed by atoms with Crippen LogP contribution in [-0.4, -0.2) is 24.1 Å². The molecule has 0 bridgehead atoms. The number of benzene rings is 1. The quantitative estimate of drug-likeness (QED) is 0.843. The molecule has 0 radical (unpaired) electrons. The molecule has 0 unspecified atom stereocenters. The Kier molecular flexibility index (Phi) is 3.40. The molecule has 5 nitrogen and oxygen atoms in total. The second-order valence-corrected chi connectivity index (χ2v) is 3.40. The van der Waals surface area contributed by atoms with Crippen molar-refractivity contribution in [1.82, 2.24) is 9.97 Å². The fourth-order valence-electron chi connectivity index (χ4n) is 1.40. The maximum absolute atomic E-state index is 5.15. The first-order valence-electron chi connectivity index (χ1n) is 5.22. The molecule has 0 amide bonds. The number of hydrogen-bond donors (Lipinski definition) is 2. The molecule has 88 valence electrons. The van der Waals surface area contributed by atoms with Crippen LogP contribution in [0.3, 0.4) is 0 Å². The zero-order chi connectivity index (χ0) is 12.1. The number of hydrogen-bond acceptors (Lipinski definition) is 5. The minimum absolute atomic E-state index is 0.685. The lowest BCUT2D eigenvalue weighted by molar-refractivity contribution is 0.415. The molecule has 0 aliphatic rings. The van der Waals surface area contributed by atoms with Gasteiger partial charge in [-0.05, 0) is 12.1 Å². The molecule has 2 rings (SSSR count). The van der Waals surface area contributed by atoms with E-state index in [4.69, 9.17) is 4.74 Å². The predicted molar refractivity (Wildman–Crippen MR) is 67.9 cm³/mol. The van der Waals surface area contributed by atoms with Crippen molar-refractivity contribution in [3.8, 4) is 5.75 Å². The van der Waals surface area contributed by atoms with Gasteiger partial charge in [0.25, 0.3) is 0 Å². The first kappa shape index (κ1) is 11.2. The number of ether oxygens (including phenoxy) is 1. The highest BCUT2D eigenvalue weighted by atomic mass is 16.5. The first-order valence-corrected chi connectivity index (χ1v) is 5.22. The van der Waals surface area contributed by atoms with Crippen molar-refractivity contribution in [3.63, 3.8) is 0 Å². The van der Waals surface area contributed by atoms with Crippen LogP contribution in [-0.2, 0) is 0 Å². The zero-order valence-electron chi connectivity index (χ0n) is 9.77. The summed E-state index contributed by atoms with van der Waals surface area (Å²) in [5.41, 5.74) is 0.909. The topological polar surface area (TPSA) is 59.1 Å². The van der Waals surface area contributed by atoms with E-state index < -0.39 is 0 Å². The van der Waals surface area contributed by atoms with Gasteiger partial charge in [0.1, 0.15) is 11.6 Å². The third kappa shape index (κ3) is 2.84. The van der Waals surface area contributed by atoms with Gasteiger partial charge in [-0.15, -0.1) is 0 Å². The molecule has 0 aliphatic heterocycles. The second kappa shape index (κ2) is 5.16. The maximum Gasteiger partial charge on any atom is 0.151 e. The fourth-order valence-corrected chi connectivity index (χ4v) is 1.40. The molecular weight excluding hydrogens is 216 g/mol. The van der Waals surface area contributed by atoms with E-state index in [1.54, 1.807) is 26.6 Å². The van der Waals surface area contributed by atoms with Gasteiger partial charge in [0.15, 0.2) is 5.82 Å². The Labute approximate surface area is 99.9 Å². The van der Waals surface area contributed by atoms with Crippen LogP contribution >= 0.6 is 0 Å². The van der Waals surface area contributed by atoms with E-state index in [2.05, 4.69) is 20.6 Å². The van der Waals surface area contributed by atoms with Crippen LogP contribution in [0.1, 0.15) is 0 Å². The average Bonchev–Trinajstić information content (AvgIpc) is 2.39. The highest BCUT2D eigenvalue weighted by molar-refractivity contribution is 5.58. The summed E-state index contributed by atoms with van der Waals surface area (Å²) in [6.45, 7) is 0. The summed E-state index contributed by atoms with van der Waals surface area (Å²) in [6, 6.07) is 7.64. The average molecular weight is 230 g/mol. The summed E-state index contributed by atoms with van der Waals surface area (Å²) in [4.78, 5) is 8.39. The van der Waals surface area contributed by atoms with Crippen molar-refractivity contribution < 1.29 is 4.74 Å². The van der Waals surface area contributed by atoms with Gasteiger partial charge in [-0.25, -0.2) is 4.98 Å². The van der Waals surface area contributed by atoms with Crippen molar-refractivity contribution in [1.29, 1.82) is 0 Å². The van der Waals surface area contributed by atoms with Gasteiger partial charge in [0.05, 0.1) is 19.5 Å². The molecule has 0 fully saturated rings. The van der Waals surface area contributed by atoms with Crippen molar-refractivity contribution in [2.75, 3.05) is 24.8 Å². The third-order valence-corrected chi connectivity index (χ3v) is 2.23. The number of methoxy groups -OCH3 is 1. The molecule has 0 atom stereocenters. The zero-order valence-corrected chi connectivity index (χ0v) is 9.77. The number of nitrogens with one attached hydrogen (secondary N) is 2. The van der Waals surface area contributed by atoms with Crippen molar-refractivity contribution >= 4 is 17.3 Å². The van der Waals surface area contributed by atoms with Crippen LogP contribution in [0, 0.1) is 0 Å². The van der Waals surface area contributed by atoms with E-state index in [0.717, 1.165) is 17.3 Å². The summed E-state index contributed by atoms with van der Waals surface area (Å²) in [6.07, 6.45) is 3.33. The van der Waals surface area contributed by atoms with Crippen LogP contribution in [0.15, 0.2) is 36.7 Å². The Morgan fingerprint density at radius 2 is 2.00 bits per heavy atom. The Morgan fingerprint density at radius 1 is 1.18 bits per heavy atom. The minimum Gasteiger partial charge on any atom is -0.497 e. The van der Waals surface area contributed by atoms with Gasteiger partial charge >= 0.3 is 0 Å². The SMILES string of the molecule is CNc1cncc(Nc2cccc(OC)c2)n1. The first-order chi connectivity index (χ1) is 8.31. The second-order valence-electron chi connectivity index (χ2n) is 3.40. The Balaban J connectivity index is 2.18. The number of anilines is 3. The monoisotopic (exact) mass is 230 g/mol. The molecule has 5 heteroatoms. The number of aromatic nitrogens is 2. The largest absolute Gasteiger partial charge is 0.497 e. The molecule has 1 heterocycles. The van der Waals surface area contributed by atoms with Crippen molar-refractivity contribution in [3.05, 3.63) is 36.7 Å². The van der Waals surface area contributed by atoms with Crippen molar-refractivity contribution in [2.24, 2.45) is 0 Å². The van der Waals surface area contributed by atoms with Gasteiger partial charge in [-0.3, -0.25) is 4.98 Å². The summed E-state index contributed by atoms with van der Waals surface area (Å²) in [5.74, 6) is 2.20. The van der Waals surface area contributed by atoms with Gasteiger partial charge in [0, 0.05) is 18.8 Å². The van der Waals surface area contributed by atoms with Crippen molar-refractivity contribution in [2.45, 2.75) is 0 Å². The fraction of sp³-hybridized carbons (Fsp3) is 0.167. The summed E-state index contributed by atoms with van der Waals surface area (Å²) in [5, 5.41) is 6.10. The van der Waals surface area contributed by atoms with E-state index >= 15 is 0 Å². The molecule has 0 aliphatic carbocycles. The van der Waals surface area contributed by atoms with Crippen LogP contribution in [0.5, 0.6) is 5.75 Å². The number of nitrogens with zero attached hydrogens (tertiary/aromatic N) is 2. The van der Waals surface area contributed by atoms with E-state index in [-0.39, 0.29) is 0 Å². The van der Waals surface area contributed by atoms with Gasteiger partial charge in [-0.1, -0.05) is 6.07 Å². The smallest absolute Gasteiger partial charge is 0.151 e. The van der Waals surface area contributed by atoms with E-state index in [0.29, 0.717) is 5.82 Å². The third-order valence-electron chi connectivity index (χ3n) is 2.23. The number of rotatable bonds is 4. The summed E-state index contributed by atoms with van der Waals surface area (Å²) >= 11 is 0. The lowest BCUT2D eigenvalue weighted by Gasteiger charge is -2.07. The lowest BCUT2D eigenvalue weighted by Crippen LogP contribution is -1.98. The Hall–Kier alpha value is -2.30. The molecule has 2 N–H and O–H groups in total. The van der Waals surface area contributed by atoms with Gasteiger partial charge < -0.3 is 15.4 Å². The van der Waals surface area contributed by atoms with Gasteiger partial charge in [0.2, 0.25) is 0 Å². The lowest BCUT2D eigenvalue weighted by atomic mass is 10.3.